The molecule has 0 aliphatic rings. The Bertz CT molecular complexity index is 420. The molecule has 0 aromatic heterocycles. The lowest BCUT2D eigenvalue weighted by Crippen LogP contribution is -3.19. The minimum Gasteiger partial charge on any atom is -0.748 e. The summed E-state index contributed by atoms with van der Waals surface area (Å²) in [7, 11) is -4.19. The van der Waals surface area contributed by atoms with E-state index in [1.165, 1.54) is 0 Å². The van der Waals surface area contributed by atoms with Crippen molar-refractivity contribution < 1.29 is 27.4 Å². The highest BCUT2D eigenvalue weighted by molar-refractivity contribution is 7.85. The summed E-state index contributed by atoms with van der Waals surface area (Å²) in [5.74, 6) is -0.847. The molecule has 0 fully saturated rings. The van der Waals surface area contributed by atoms with E-state index >= 15 is 0 Å². The number of esters is 1. The van der Waals surface area contributed by atoms with E-state index in [2.05, 4.69) is 6.58 Å². The number of carbonyl (C=O) groups is 1. The lowest BCUT2D eigenvalue weighted by atomic mass is 10.1. The van der Waals surface area contributed by atoms with E-state index in [-0.39, 0.29) is 23.9 Å². The van der Waals surface area contributed by atoms with Gasteiger partial charge in [-0.1, -0.05) is 6.58 Å². The number of likely N-dealkylation sites (N-methyl/N-ethyl adjacent to an activating group) is 1. The van der Waals surface area contributed by atoms with Gasteiger partial charge in [-0.25, -0.2) is 13.2 Å². The second-order valence-corrected chi connectivity index (χ2v) is 6.54. The molecule has 0 amide bonds. The number of rotatable bonds is 9. The molecule has 0 aliphatic carbocycles. The Labute approximate surface area is 121 Å². The van der Waals surface area contributed by atoms with Crippen LogP contribution in [0, 0.1) is 0 Å². The van der Waals surface area contributed by atoms with Crippen LogP contribution in [0.1, 0.15) is 34.1 Å². The zero-order valence-corrected chi connectivity index (χ0v) is 13.4. The van der Waals surface area contributed by atoms with Crippen LogP contribution in [0.25, 0.3) is 0 Å². The summed E-state index contributed by atoms with van der Waals surface area (Å²) in [6.07, 6.45) is 1.09. The molecule has 20 heavy (non-hydrogen) atoms. The highest BCUT2D eigenvalue weighted by Crippen LogP contribution is 2.00. The Morgan fingerprint density at radius 3 is 2.35 bits per heavy atom. The van der Waals surface area contributed by atoms with E-state index in [1.807, 2.05) is 20.8 Å². The molecular weight excluding hydrogens is 282 g/mol. The smallest absolute Gasteiger partial charge is 0.330 e. The van der Waals surface area contributed by atoms with Crippen LogP contribution < -0.4 is 4.90 Å². The monoisotopic (exact) mass is 307 g/mol. The van der Waals surface area contributed by atoms with Crippen LogP contribution in [0.4, 0.5) is 0 Å². The first kappa shape index (κ1) is 19.1. The van der Waals surface area contributed by atoms with Crippen LogP contribution >= 0.6 is 0 Å². The van der Waals surface area contributed by atoms with E-state index in [1.54, 1.807) is 6.92 Å². The normalized spacial score (nSPS) is 17.9. The molecule has 7 heteroatoms. The molecule has 0 saturated heterocycles. The Kier molecular flexibility index (Phi) is 8.00. The van der Waals surface area contributed by atoms with Crippen molar-refractivity contribution in [1.82, 2.24) is 0 Å². The Hall–Kier alpha value is -0.920. The lowest BCUT2D eigenvalue weighted by Gasteiger charge is -2.33. The van der Waals surface area contributed by atoms with E-state index in [0.717, 1.165) is 17.5 Å². The van der Waals surface area contributed by atoms with Crippen molar-refractivity contribution in [3.63, 3.8) is 0 Å². The molecule has 0 radical (unpaired) electrons. The van der Waals surface area contributed by atoms with Gasteiger partial charge in [-0.05, 0) is 27.7 Å². The van der Waals surface area contributed by atoms with E-state index < -0.39 is 16.1 Å². The van der Waals surface area contributed by atoms with Gasteiger partial charge in [0.05, 0.1) is 22.7 Å². The van der Waals surface area contributed by atoms with Gasteiger partial charge >= 0.3 is 5.97 Å². The third kappa shape index (κ3) is 7.02. The van der Waals surface area contributed by atoms with Gasteiger partial charge in [0, 0.05) is 18.2 Å². The van der Waals surface area contributed by atoms with Gasteiger partial charge in [0.25, 0.3) is 0 Å². The van der Waals surface area contributed by atoms with Crippen molar-refractivity contribution in [2.75, 3.05) is 12.3 Å². The molecule has 0 aromatic rings. The number of quaternary nitrogens is 1. The van der Waals surface area contributed by atoms with E-state index in [9.17, 15) is 17.8 Å². The fourth-order valence-electron chi connectivity index (χ4n) is 2.26. The molecule has 0 spiro atoms. The summed E-state index contributed by atoms with van der Waals surface area (Å²) < 4.78 is 37.3. The third-order valence-electron chi connectivity index (χ3n) is 3.60. The third-order valence-corrected chi connectivity index (χ3v) is 4.34. The summed E-state index contributed by atoms with van der Waals surface area (Å²) in [6.45, 7) is 11.7. The van der Waals surface area contributed by atoms with Crippen molar-refractivity contribution in [3.05, 3.63) is 12.7 Å². The molecule has 118 valence electrons. The largest absolute Gasteiger partial charge is 0.748 e. The highest BCUT2D eigenvalue weighted by atomic mass is 32.2. The average Bonchev–Trinajstić information content (AvgIpc) is 2.35. The van der Waals surface area contributed by atoms with Crippen molar-refractivity contribution in [2.24, 2.45) is 0 Å². The van der Waals surface area contributed by atoms with Gasteiger partial charge in [-0.15, -0.1) is 0 Å². The zero-order valence-electron chi connectivity index (χ0n) is 12.6. The van der Waals surface area contributed by atoms with Crippen molar-refractivity contribution >= 4 is 16.1 Å². The Morgan fingerprint density at radius 1 is 1.40 bits per heavy atom. The van der Waals surface area contributed by atoms with E-state index in [4.69, 9.17) is 4.74 Å². The summed E-state index contributed by atoms with van der Waals surface area (Å²) in [5.41, 5.74) is 0. The highest BCUT2D eigenvalue weighted by Gasteiger charge is 2.29. The second kappa shape index (κ2) is 8.39. The van der Waals surface area contributed by atoms with Crippen molar-refractivity contribution in [3.8, 4) is 0 Å². The van der Waals surface area contributed by atoms with Crippen molar-refractivity contribution in [1.29, 1.82) is 0 Å². The van der Waals surface area contributed by atoms with Crippen LogP contribution in [0.2, 0.25) is 0 Å². The average molecular weight is 307 g/mol. The molecule has 4 unspecified atom stereocenters. The number of ether oxygens (including phenoxy) is 1. The zero-order chi connectivity index (χ0) is 15.9. The Balaban J connectivity index is 4.63. The number of carbonyl (C=O) groups excluding carboxylic acids is 1. The van der Waals surface area contributed by atoms with Crippen LogP contribution in [-0.2, 0) is 19.6 Å². The predicted molar refractivity (Wildman–Crippen MR) is 75.4 cm³/mol. The molecule has 4 atom stereocenters. The number of hydrogen-bond donors (Lipinski definition) is 1. The molecule has 0 saturated carbocycles. The maximum atomic E-state index is 11.2. The minimum absolute atomic E-state index is 0.00624. The molecule has 0 heterocycles. The van der Waals surface area contributed by atoms with Crippen LogP contribution in [0.5, 0.6) is 0 Å². The van der Waals surface area contributed by atoms with Gasteiger partial charge in [0.15, 0.2) is 6.10 Å². The molecule has 1 N–H and O–H groups in total. The first-order chi connectivity index (χ1) is 9.12. The number of hydrogen-bond acceptors (Lipinski definition) is 5. The molecule has 0 bridgehead atoms. The fourth-order valence-corrected chi connectivity index (χ4v) is 2.90. The molecule has 0 aliphatic heterocycles. The number of nitrogens with one attached hydrogen (secondary N) is 1. The second-order valence-electron chi connectivity index (χ2n) is 5.01. The van der Waals surface area contributed by atoms with Gasteiger partial charge in [-0.2, -0.15) is 0 Å². The summed E-state index contributed by atoms with van der Waals surface area (Å²) in [4.78, 5) is 12.3. The Morgan fingerprint density at radius 2 is 1.95 bits per heavy atom. The summed E-state index contributed by atoms with van der Waals surface area (Å²) in [5, 5.41) is 0. The summed E-state index contributed by atoms with van der Waals surface area (Å²) in [6, 6.07) is -0.0168. The van der Waals surface area contributed by atoms with Gasteiger partial charge in [0.2, 0.25) is 0 Å². The topological polar surface area (TPSA) is 87.9 Å². The fraction of sp³-hybridized carbons (Fsp3) is 0.769. The standard InChI is InChI=1S/C13H25NO5S/c1-6-13(15)19-12(5)11(4)14(7-2)10(3)8-9-20(16,17)18/h6,10-12H,1,7-9H2,2-5H3,(H,16,17,18). The first-order valence-corrected chi connectivity index (χ1v) is 8.32. The van der Waals surface area contributed by atoms with Gasteiger partial charge in [0.1, 0.15) is 6.04 Å². The van der Waals surface area contributed by atoms with Crippen molar-refractivity contribution in [2.45, 2.75) is 52.3 Å². The maximum absolute atomic E-state index is 11.2. The van der Waals surface area contributed by atoms with Gasteiger partial charge in [-0.3, -0.25) is 0 Å². The first-order valence-electron chi connectivity index (χ1n) is 6.74. The minimum atomic E-state index is -4.19. The molecular formula is C13H25NO5S. The van der Waals surface area contributed by atoms with Crippen LogP contribution in [0.3, 0.4) is 0 Å². The van der Waals surface area contributed by atoms with E-state index in [0.29, 0.717) is 6.42 Å². The molecule has 0 rings (SSSR count). The SMILES string of the molecule is C=CC(=O)OC(C)C(C)[NH+](CC)C(C)CCS(=O)(=O)[O-]. The quantitative estimate of drug-likeness (QED) is 0.360. The van der Waals surface area contributed by atoms with Crippen LogP contribution in [0.15, 0.2) is 12.7 Å². The lowest BCUT2D eigenvalue weighted by molar-refractivity contribution is -0.947. The van der Waals surface area contributed by atoms with Gasteiger partial charge < -0.3 is 14.2 Å². The predicted octanol–water partition coefficient (Wildman–Crippen LogP) is -0.279. The molecule has 0 aromatic carbocycles. The maximum Gasteiger partial charge on any atom is 0.330 e. The molecule has 6 nitrogen and oxygen atoms in total. The summed E-state index contributed by atoms with van der Waals surface area (Å²) >= 11 is 0. The van der Waals surface area contributed by atoms with Crippen LogP contribution in [-0.4, -0.2) is 49.4 Å².